The van der Waals surface area contributed by atoms with E-state index in [-0.39, 0.29) is 0 Å². The second-order valence-electron chi connectivity index (χ2n) is 3.61. The van der Waals surface area contributed by atoms with E-state index < -0.39 is 35.7 Å². The predicted octanol–water partition coefficient (Wildman–Crippen LogP) is -0.222. The van der Waals surface area contributed by atoms with Crippen molar-refractivity contribution >= 4 is 6.29 Å². The Morgan fingerprint density at radius 2 is 2.12 bits per heavy atom. The maximum atomic E-state index is 10.7. The zero-order valence-corrected chi connectivity index (χ0v) is 9.28. The molecule has 0 aliphatic carbocycles. The smallest absolute Gasteiger partial charge is 0.294 e. The van der Waals surface area contributed by atoms with E-state index in [9.17, 15) is 20.0 Å². The summed E-state index contributed by atoms with van der Waals surface area (Å²) in [6, 6.07) is 0. The van der Waals surface area contributed by atoms with Crippen LogP contribution in [0.5, 0.6) is 0 Å². The van der Waals surface area contributed by atoms with Crippen molar-refractivity contribution in [1.82, 2.24) is 0 Å². The fourth-order valence-electron chi connectivity index (χ4n) is 1.50. The molecular formula is C9H17NO6. The van der Waals surface area contributed by atoms with E-state index >= 15 is 0 Å². The first-order chi connectivity index (χ1) is 7.47. The van der Waals surface area contributed by atoms with E-state index in [1.54, 1.807) is 13.8 Å². The van der Waals surface area contributed by atoms with Gasteiger partial charge in [-0.1, -0.05) is 13.8 Å². The quantitative estimate of drug-likeness (QED) is 0.342. The van der Waals surface area contributed by atoms with Crippen LogP contribution in [0.2, 0.25) is 0 Å². The fraction of sp³-hybridized carbons (Fsp3) is 0.889. The molecule has 94 valence electrons. The minimum Gasteiger partial charge on any atom is -0.394 e. The Morgan fingerprint density at radius 3 is 2.44 bits per heavy atom. The van der Waals surface area contributed by atoms with Crippen molar-refractivity contribution in [3.63, 3.8) is 0 Å². The minimum atomic E-state index is -1.32. The number of hydrogen-bond acceptors (Lipinski definition) is 6. The minimum absolute atomic E-state index is 0.417. The lowest BCUT2D eigenvalue weighted by Gasteiger charge is -2.27. The van der Waals surface area contributed by atoms with Gasteiger partial charge in [0.25, 0.3) is 5.09 Å². The van der Waals surface area contributed by atoms with Gasteiger partial charge in [0.15, 0.2) is 6.10 Å². The van der Waals surface area contributed by atoms with E-state index in [1.165, 1.54) is 0 Å². The number of nitrogens with zero attached hydrogens (tertiary/aromatic N) is 1. The van der Waals surface area contributed by atoms with E-state index in [4.69, 9.17) is 5.11 Å². The summed E-state index contributed by atoms with van der Waals surface area (Å²) in [4.78, 5) is 24.9. The van der Waals surface area contributed by atoms with Gasteiger partial charge in [0.05, 0.1) is 12.7 Å². The van der Waals surface area contributed by atoms with Crippen molar-refractivity contribution in [2.45, 2.75) is 32.5 Å². The van der Waals surface area contributed by atoms with Crippen LogP contribution in [0.25, 0.3) is 0 Å². The number of hydrogen-bond donors (Lipinski definition) is 2. The van der Waals surface area contributed by atoms with E-state index in [0.29, 0.717) is 12.7 Å². The molecule has 0 aliphatic heterocycles. The molecule has 0 fully saturated rings. The summed E-state index contributed by atoms with van der Waals surface area (Å²) in [5, 5.41) is 27.6. The summed E-state index contributed by atoms with van der Waals surface area (Å²) in [7, 11) is 0. The Bertz CT molecular complexity index is 232. The van der Waals surface area contributed by atoms with Gasteiger partial charge in [-0.3, -0.25) is 0 Å². The number of aldehydes is 1. The summed E-state index contributed by atoms with van der Waals surface area (Å²) in [6.07, 6.45) is -1.38. The summed E-state index contributed by atoms with van der Waals surface area (Å²) in [6.45, 7) is 2.67. The Kier molecular flexibility index (Phi) is 6.59. The lowest BCUT2D eigenvalue weighted by atomic mass is 9.86. The summed E-state index contributed by atoms with van der Waals surface area (Å²) in [5.41, 5.74) is 0. The molecule has 0 aromatic carbocycles. The lowest BCUT2D eigenvalue weighted by molar-refractivity contribution is -0.771. The normalized spacial score (nSPS) is 18.2. The number of aliphatic hydroxyl groups is 2. The predicted molar refractivity (Wildman–Crippen MR) is 54.0 cm³/mol. The maximum absolute atomic E-state index is 10.7. The fourth-order valence-corrected chi connectivity index (χ4v) is 1.50. The SMILES string of the molecule is CCC(C=O)C(C)C(O)C(CO)O[N+](=O)[O-]. The van der Waals surface area contributed by atoms with Crippen molar-refractivity contribution in [3.05, 3.63) is 10.1 Å². The zero-order chi connectivity index (χ0) is 12.7. The molecule has 2 N–H and O–H groups in total. The lowest BCUT2D eigenvalue weighted by Crippen LogP contribution is -2.41. The molecular weight excluding hydrogens is 218 g/mol. The zero-order valence-electron chi connectivity index (χ0n) is 9.28. The number of rotatable bonds is 8. The first kappa shape index (κ1) is 14.8. The number of aliphatic hydroxyl groups excluding tert-OH is 2. The molecule has 4 unspecified atom stereocenters. The van der Waals surface area contributed by atoms with Crippen LogP contribution in [0, 0.1) is 22.0 Å². The molecule has 0 rings (SSSR count). The van der Waals surface area contributed by atoms with Gasteiger partial charge in [-0.2, -0.15) is 0 Å². The van der Waals surface area contributed by atoms with Crippen LogP contribution >= 0.6 is 0 Å². The molecule has 7 heteroatoms. The van der Waals surface area contributed by atoms with Gasteiger partial charge in [0.2, 0.25) is 0 Å². The molecule has 7 nitrogen and oxygen atoms in total. The van der Waals surface area contributed by atoms with Crippen LogP contribution in [0.15, 0.2) is 0 Å². The van der Waals surface area contributed by atoms with Gasteiger partial charge in [-0.25, -0.2) is 0 Å². The molecule has 0 saturated heterocycles. The van der Waals surface area contributed by atoms with Crippen LogP contribution in [-0.2, 0) is 9.63 Å². The summed E-state index contributed by atoms with van der Waals surface area (Å²) in [5.74, 6) is -0.931. The Morgan fingerprint density at radius 1 is 1.56 bits per heavy atom. The third-order valence-corrected chi connectivity index (χ3v) is 2.64. The van der Waals surface area contributed by atoms with Gasteiger partial charge in [-0.05, 0) is 12.3 Å². The average molecular weight is 235 g/mol. The third kappa shape index (κ3) is 4.11. The summed E-state index contributed by atoms with van der Waals surface area (Å²) < 4.78 is 0. The monoisotopic (exact) mass is 235 g/mol. The highest BCUT2D eigenvalue weighted by atomic mass is 17.0. The molecule has 0 spiro atoms. The molecule has 0 amide bonds. The highest BCUT2D eigenvalue weighted by Gasteiger charge is 2.31. The van der Waals surface area contributed by atoms with Crippen molar-refractivity contribution in [3.8, 4) is 0 Å². The van der Waals surface area contributed by atoms with E-state index in [0.717, 1.165) is 0 Å². The molecule has 0 bridgehead atoms. The van der Waals surface area contributed by atoms with Crippen molar-refractivity contribution < 1.29 is 24.9 Å². The standard InChI is InChI=1S/C9H17NO6/c1-3-7(4-11)6(2)9(13)8(5-12)16-10(14)15/h4,6-9,12-13H,3,5H2,1-2H3. The van der Waals surface area contributed by atoms with Crippen molar-refractivity contribution in [2.24, 2.45) is 11.8 Å². The molecule has 0 aromatic heterocycles. The van der Waals surface area contributed by atoms with Gasteiger partial charge < -0.3 is 19.8 Å². The van der Waals surface area contributed by atoms with Gasteiger partial charge >= 0.3 is 0 Å². The molecule has 0 heterocycles. The van der Waals surface area contributed by atoms with Crippen LogP contribution in [-0.4, -0.2) is 40.4 Å². The first-order valence-electron chi connectivity index (χ1n) is 5.03. The molecule has 0 aromatic rings. The summed E-state index contributed by atoms with van der Waals surface area (Å²) >= 11 is 0. The highest BCUT2D eigenvalue weighted by Crippen LogP contribution is 2.20. The maximum Gasteiger partial charge on any atom is 0.294 e. The van der Waals surface area contributed by atoms with Gasteiger partial charge in [0, 0.05) is 5.92 Å². The Labute approximate surface area is 93.1 Å². The van der Waals surface area contributed by atoms with Gasteiger partial charge in [0.1, 0.15) is 6.29 Å². The molecule has 4 atom stereocenters. The number of carbonyl (C=O) groups is 1. The van der Waals surface area contributed by atoms with E-state index in [2.05, 4.69) is 4.84 Å². The van der Waals surface area contributed by atoms with Crippen molar-refractivity contribution in [2.75, 3.05) is 6.61 Å². The second-order valence-corrected chi connectivity index (χ2v) is 3.61. The van der Waals surface area contributed by atoms with Gasteiger partial charge in [-0.15, -0.1) is 10.1 Å². The van der Waals surface area contributed by atoms with Crippen LogP contribution in [0.4, 0.5) is 0 Å². The molecule has 0 saturated carbocycles. The first-order valence-corrected chi connectivity index (χ1v) is 5.03. The molecule has 16 heavy (non-hydrogen) atoms. The number of carbonyl (C=O) groups excluding carboxylic acids is 1. The Balaban J connectivity index is 4.52. The molecule has 0 radical (unpaired) electrons. The van der Waals surface area contributed by atoms with Crippen molar-refractivity contribution in [1.29, 1.82) is 0 Å². The Hall–Kier alpha value is -1.21. The van der Waals surface area contributed by atoms with Crippen LogP contribution in [0.1, 0.15) is 20.3 Å². The largest absolute Gasteiger partial charge is 0.394 e. The second kappa shape index (κ2) is 7.13. The van der Waals surface area contributed by atoms with Crippen LogP contribution < -0.4 is 0 Å². The average Bonchev–Trinajstić information content (AvgIpc) is 2.26. The highest BCUT2D eigenvalue weighted by molar-refractivity contribution is 5.53. The third-order valence-electron chi connectivity index (χ3n) is 2.64. The molecule has 0 aliphatic rings. The van der Waals surface area contributed by atoms with Crippen LogP contribution in [0.3, 0.4) is 0 Å². The van der Waals surface area contributed by atoms with E-state index in [1.807, 2.05) is 0 Å². The topological polar surface area (TPSA) is 110 Å².